The molecule has 0 aromatic rings. The summed E-state index contributed by atoms with van der Waals surface area (Å²) in [5, 5.41) is 3.35. The number of likely N-dealkylation sites (tertiary alicyclic amines) is 1. The molecule has 3 nitrogen and oxygen atoms in total. The molecule has 1 amide bonds. The third-order valence-electron chi connectivity index (χ3n) is 3.17. The number of hydrogen-bond acceptors (Lipinski definition) is 2. The summed E-state index contributed by atoms with van der Waals surface area (Å²) >= 11 is 0. The molecular weight excluding hydrogens is 176 g/mol. The Morgan fingerprint density at radius 2 is 2.36 bits per heavy atom. The van der Waals surface area contributed by atoms with Gasteiger partial charge in [-0.15, -0.1) is 0 Å². The van der Waals surface area contributed by atoms with E-state index in [1.807, 2.05) is 4.90 Å². The Morgan fingerprint density at radius 3 is 3.14 bits per heavy atom. The number of carbonyl (C=O) groups excluding carboxylic acids is 1. The maximum absolute atomic E-state index is 11.7. The molecule has 0 spiro atoms. The molecule has 0 radical (unpaired) electrons. The average Bonchev–Trinajstić information content (AvgIpc) is 2.65. The zero-order valence-corrected chi connectivity index (χ0v) is 8.55. The number of carbonyl (C=O) groups is 1. The van der Waals surface area contributed by atoms with Crippen LogP contribution < -0.4 is 5.32 Å². The lowest BCUT2D eigenvalue weighted by Gasteiger charge is -2.35. The Labute approximate surface area is 84.8 Å². The molecule has 0 aromatic carbocycles. The van der Waals surface area contributed by atoms with Crippen LogP contribution in [-0.2, 0) is 4.79 Å². The van der Waals surface area contributed by atoms with Crippen LogP contribution in [0.15, 0.2) is 0 Å². The maximum atomic E-state index is 11.7. The first-order valence-electron chi connectivity index (χ1n) is 5.27. The highest BCUT2D eigenvalue weighted by Crippen LogP contribution is 2.26. The van der Waals surface area contributed by atoms with Gasteiger partial charge in [0.15, 0.2) is 0 Å². The third-order valence-corrected chi connectivity index (χ3v) is 3.17. The van der Waals surface area contributed by atoms with Crippen LogP contribution >= 0.6 is 0 Å². The van der Waals surface area contributed by atoms with E-state index in [1.54, 1.807) is 6.92 Å². The summed E-state index contributed by atoms with van der Waals surface area (Å²) in [5.74, 6) is 5.98. The second kappa shape index (κ2) is 4.02. The average molecular weight is 192 g/mol. The van der Waals surface area contributed by atoms with Gasteiger partial charge in [0.2, 0.25) is 0 Å². The molecule has 2 rings (SSSR count). The summed E-state index contributed by atoms with van der Waals surface area (Å²) < 4.78 is 0. The molecule has 0 bridgehead atoms. The van der Waals surface area contributed by atoms with E-state index in [9.17, 15) is 4.79 Å². The van der Waals surface area contributed by atoms with Crippen molar-refractivity contribution in [1.82, 2.24) is 10.2 Å². The molecular formula is C11H16N2O. The van der Waals surface area contributed by atoms with Crippen molar-refractivity contribution >= 4 is 5.91 Å². The van der Waals surface area contributed by atoms with Crippen molar-refractivity contribution in [1.29, 1.82) is 0 Å². The molecule has 2 heterocycles. The first-order chi connectivity index (χ1) is 6.83. The number of nitrogens with one attached hydrogen (secondary N) is 1. The van der Waals surface area contributed by atoms with Gasteiger partial charge in [-0.1, -0.05) is 5.92 Å². The summed E-state index contributed by atoms with van der Waals surface area (Å²) in [7, 11) is 0. The van der Waals surface area contributed by atoms with Crippen LogP contribution in [0.3, 0.4) is 0 Å². The molecule has 2 fully saturated rings. The molecule has 0 aromatic heterocycles. The predicted molar refractivity (Wildman–Crippen MR) is 54.5 cm³/mol. The highest BCUT2D eigenvalue weighted by Gasteiger charge is 2.36. The standard InChI is InChI=1S/C11H16N2O/c1-2-4-11(14)13-6-3-5-9-7-12-8-10(9)13/h9-10,12H,3,5-8H2,1H3. The smallest absolute Gasteiger partial charge is 0.298 e. The van der Waals surface area contributed by atoms with Crippen molar-refractivity contribution in [3.8, 4) is 11.8 Å². The fraction of sp³-hybridized carbons (Fsp3) is 0.727. The quantitative estimate of drug-likeness (QED) is 0.557. The van der Waals surface area contributed by atoms with Gasteiger partial charge in [0, 0.05) is 25.7 Å². The van der Waals surface area contributed by atoms with E-state index in [0.29, 0.717) is 12.0 Å². The lowest BCUT2D eigenvalue weighted by atomic mass is 9.92. The van der Waals surface area contributed by atoms with Crippen molar-refractivity contribution < 1.29 is 4.79 Å². The van der Waals surface area contributed by atoms with Gasteiger partial charge < -0.3 is 10.2 Å². The molecule has 1 N–H and O–H groups in total. The van der Waals surface area contributed by atoms with Crippen molar-refractivity contribution in [2.45, 2.75) is 25.8 Å². The van der Waals surface area contributed by atoms with Crippen LogP contribution in [0.5, 0.6) is 0 Å². The van der Waals surface area contributed by atoms with Crippen molar-refractivity contribution in [3.05, 3.63) is 0 Å². The molecule has 2 saturated heterocycles. The second-order valence-corrected chi connectivity index (χ2v) is 4.00. The summed E-state index contributed by atoms with van der Waals surface area (Å²) in [6, 6.07) is 0.400. The van der Waals surface area contributed by atoms with E-state index in [0.717, 1.165) is 26.1 Å². The molecule has 2 aliphatic rings. The number of rotatable bonds is 0. The first kappa shape index (κ1) is 9.54. The number of nitrogens with zero attached hydrogens (tertiary/aromatic N) is 1. The first-order valence-corrected chi connectivity index (χ1v) is 5.27. The predicted octanol–water partition coefficient (Wildman–Crippen LogP) is 0.220. The third kappa shape index (κ3) is 1.62. The Hall–Kier alpha value is -1.01. The number of amides is 1. The number of hydrogen-bond donors (Lipinski definition) is 1. The molecule has 3 heteroatoms. The van der Waals surface area contributed by atoms with E-state index in [2.05, 4.69) is 17.2 Å². The summed E-state index contributed by atoms with van der Waals surface area (Å²) in [6.07, 6.45) is 2.38. The molecule has 14 heavy (non-hydrogen) atoms. The summed E-state index contributed by atoms with van der Waals surface area (Å²) in [6.45, 7) is 4.61. The highest BCUT2D eigenvalue weighted by molar-refractivity contribution is 5.93. The normalized spacial score (nSPS) is 30.5. The maximum Gasteiger partial charge on any atom is 0.298 e. The fourth-order valence-electron chi connectivity index (χ4n) is 2.50. The van der Waals surface area contributed by atoms with Gasteiger partial charge in [0.25, 0.3) is 5.91 Å². The van der Waals surface area contributed by atoms with Crippen molar-refractivity contribution in [2.75, 3.05) is 19.6 Å². The van der Waals surface area contributed by atoms with Crippen molar-refractivity contribution in [3.63, 3.8) is 0 Å². The van der Waals surface area contributed by atoms with E-state index >= 15 is 0 Å². The van der Waals surface area contributed by atoms with Crippen LogP contribution in [-0.4, -0.2) is 36.5 Å². The topological polar surface area (TPSA) is 32.3 Å². The molecule has 2 atom stereocenters. The van der Waals surface area contributed by atoms with Crippen LogP contribution in [0.4, 0.5) is 0 Å². The van der Waals surface area contributed by atoms with Gasteiger partial charge in [-0.2, -0.15) is 0 Å². The Bertz CT molecular complexity index is 289. The van der Waals surface area contributed by atoms with E-state index in [1.165, 1.54) is 6.42 Å². The van der Waals surface area contributed by atoms with E-state index in [-0.39, 0.29) is 5.91 Å². The lowest BCUT2D eigenvalue weighted by molar-refractivity contribution is -0.129. The minimum atomic E-state index is 0.00546. The van der Waals surface area contributed by atoms with E-state index in [4.69, 9.17) is 0 Å². The highest BCUT2D eigenvalue weighted by atomic mass is 16.2. The fourth-order valence-corrected chi connectivity index (χ4v) is 2.50. The zero-order valence-electron chi connectivity index (χ0n) is 8.55. The number of fused-ring (bicyclic) bond motifs is 1. The molecule has 2 aliphatic heterocycles. The molecule has 0 saturated carbocycles. The van der Waals surface area contributed by atoms with Gasteiger partial charge in [-0.05, 0) is 31.6 Å². The second-order valence-electron chi connectivity index (χ2n) is 4.00. The lowest BCUT2D eigenvalue weighted by Crippen LogP contribution is -2.47. The Morgan fingerprint density at radius 1 is 1.50 bits per heavy atom. The minimum absolute atomic E-state index is 0.00546. The molecule has 0 aliphatic carbocycles. The van der Waals surface area contributed by atoms with Gasteiger partial charge in [0.1, 0.15) is 0 Å². The van der Waals surface area contributed by atoms with Crippen LogP contribution in [0.2, 0.25) is 0 Å². The summed E-state index contributed by atoms with van der Waals surface area (Å²) in [4.78, 5) is 13.6. The molecule has 2 unspecified atom stereocenters. The SMILES string of the molecule is CC#CC(=O)N1CCCC2CNCC21. The Kier molecular flexibility index (Phi) is 2.74. The van der Waals surface area contributed by atoms with E-state index < -0.39 is 0 Å². The van der Waals surface area contributed by atoms with Crippen LogP contribution in [0, 0.1) is 17.8 Å². The van der Waals surface area contributed by atoms with Gasteiger partial charge >= 0.3 is 0 Å². The minimum Gasteiger partial charge on any atom is -0.327 e. The molecule has 76 valence electrons. The van der Waals surface area contributed by atoms with Gasteiger partial charge in [-0.25, -0.2) is 0 Å². The zero-order chi connectivity index (χ0) is 9.97. The van der Waals surface area contributed by atoms with Gasteiger partial charge in [-0.3, -0.25) is 4.79 Å². The van der Waals surface area contributed by atoms with Crippen LogP contribution in [0.1, 0.15) is 19.8 Å². The van der Waals surface area contributed by atoms with Crippen LogP contribution in [0.25, 0.3) is 0 Å². The summed E-state index contributed by atoms with van der Waals surface area (Å²) in [5.41, 5.74) is 0. The number of piperidine rings is 1. The monoisotopic (exact) mass is 192 g/mol. The largest absolute Gasteiger partial charge is 0.327 e. The Balaban J connectivity index is 2.09. The van der Waals surface area contributed by atoms with Crippen molar-refractivity contribution in [2.24, 2.45) is 5.92 Å². The van der Waals surface area contributed by atoms with Gasteiger partial charge in [0.05, 0.1) is 0 Å².